The Morgan fingerprint density at radius 1 is 0.893 bits per heavy atom. The van der Waals surface area contributed by atoms with Gasteiger partial charge < -0.3 is 5.32 Å². The van der Waals surface area contributed by atoms with Gasteiger partial charge in [-0.05, 0) is 58.5 Å². The molecule has 2 aliphatic carbocycles. The maximum Gasteiger partial charge on any atom is 0.0933 e. The maximum absolute atomic E-state index is 3.62. The van der Waals surface area contributed by atoms with E-state index < -0.39 is 0 Å². The SMILES string of the molecule is CC1(C)C2=C(C=CCC=C2)c2ccc(Nc3ccc(-c4ccccc4)s3)cc21. The van der Waals surface area contributed by atoms with Crippen LogP contribution in [0.4, 0.5) is 10.7 Å². The third-order valence-corrected chi connectivity index (χ3v) is 6.77. The number of hydrogen-bond acceptors (Lipinski definition) is 2. The molecule has 0 aliphatic heterocycles. The summed E-state index contributed by atoms with van der Waals surface area (Å²) in [4.78, 5) is 1.29. The van der Waals surface area contributed by atoms with Gasteiger partial charge in [0.15, 0.2) is 0 Å². The van der Waals surface area contributed by atoms with Crippen LogP contribution in [-0.2, 0) is 5.41 Å². The lowest BCUT2D eigenvalue weighted by atomic mass is 9.81. The highest BCUT2D eigenvalue weighted by Gasteiger charge is 2.36. The predicted molar refractivity (Wildman–Crippen MR) is 122 cm³/mol. The Balaban J connectivity index is 1.46. The van der Waals surface area contributed by atoms with Crippen LogP contribution in [0.15, 0.2) is 90.5 Å². The minimum absolute atomic E-state index is 0.0260. The summed E-state index contributed by atoms with van der Waals surface area (Å²) in [5.74, 6) is 0. The summed E-state index contributed by atoms with van der Waals surface area (Å²) in [7, 11) is 0. The lowest BCUT2D eigenvalue weighted by Crippen LogP contribution is -2.16. The maximum atomic E-state index is 3.62. The van der Waals surface area contributed by atoms with Gasteiger partial charge >= 0.3 is 0 Å². The zero-order chi connectivity index (χ0) is 19.1. The van der Waals surface area contributed by atoms with E-state index in [2.05, 4.69) is 104 Å². The summed E-state index contributed by atoms with van der Waals surface area (Å²) in [6.45, 7) is 4.67. The Labute approximate surface area is 170 Å². The molecule has 2 aliphatic rings. The topological polar surface area (TPSA) is 12.0 Å². The molecule has 2 aromatic carbocycles. The predicted octanol–water partition coefficient (Wildman–Crippen LogP) is 7.72. The Bertz CT molecular complexity index is 1130. The van der Waals surface area contributed by atoms with Crippen molar-refractivity contribution in [2.24, 2.45) is 0 Å². The summed E-state index contributed by atoms with van der Waals surface area (Å²) < 4.78 is 0. The lowest BCUT2D eigenvalue weighted by molar-refractivity contribution is 0.654. The molecular formula is C26H23NS. The molecule has 2 heteroatoms. The number of rotatable bonds is 3. The highest BCUT2D eigenvalue weighted by molar-refractivity contribution is 7.19. The second-order valence-electron chi connectivity index (χ2n) is 7.91. The molecule has 0 spiro atoms. The molecule has 1 nitrogen and oxygen atoms in total. The average molecular weight is 382 g/mol. The van der Waals surface area contributed by atoms with E-state index in [0.29, 0.717) is 0 Å². The minimum atomic E-state index is 0.0260. The third-order valence-electron chi connectivity index (χ3n) is 5.72. The fourth-order valence-corrected chi connectivity index (χ4v) is 5.17. The van der Waals surface area contributed by atoms with Crippen molar-refractivity contribution in [2.45, 2.75) is 25.7 Å². The van der Waals surface area contributed by atoms with Crippen molar-refractivity contribution in [1.82, 2.24) is 0 Å². The molecule has 28 heavy (non-hydrogen) atoms. The molecule has 1 heterocycles. The third kappa shape index (κ3) is 2.85. The van der Waals surface area contributed by atoms with Crippen molar-refractivity contribution in [3.05, 3.63) is 102 Å². The van der Waals surface area contributed by atoms with Crippen LogP contribution in [0.3, 0.4) is 0 Å². The number of anilines is 2. The minimum Gasteiger partial charge on any atom is -0.347 e. The van der Waals surface area contributed by atoms with Crippen LogP contribution in [0, 0.1) is 0 Å². The van der Waals surface area contributed by atoms with Gasteiger partial charge in [0, 0.05) is 16.0 Å². The average Bonchev–Trinajstić information content (AvgIpc) is 3.13. The lowest BCUT2D eigenvalue weighted by Gasteiger charge is -2.23. The van der Waals surface area contributed by atoms with Crippen LogP contribution in [0.5, 0.6) is 0 Å². The molecule has 0 atom stereocenters. The summed E-state index contributed by atoms with van der Waals surface area (Å²) in [6, 6.07) is 21.7. The number of fused-ring (bicyclic) bond motifs is 2. The first-order chi connectivity index (χ1) is 13.6. The summed E-state index contributed by atoms with van der Waals surface area (Å²) in [6.07, 6.45) is 10.1. The molecule has 5 rings (SSSR count). The number of hydrogen-bond donors (Lipinski definition) is 1. The van der Waals surface area contributed by atoms with E-state index in [-0.39, 0.29) is 5.41 Å². The Kier molecular flexibility index (Phi) is 4.10. The molecule has 0 bridgehead atoms. The van der Waals surface area contributed by atoms with Crippen LogP contribution >= 0.6 is 11.3 Å². The van der Waals surface area contributed by atoms with Crippen molar-refractivity contribution in [3.8, 4) is 10.4 Å². The Hall–Kier alpha value is -2.84. The molecule has 0 fully saturated rings. The van der Waals surface area contributed by atoms with Crippen LogP contribution < -0.4 is 5.32 Å². The number of nitrogens with one attached hydrogen (secondary N) is 1. The van der Waals surface area contributed by atoms with E-state index in [0.717, 1.165) is 12.1 Å². The highest BCUT2D eigenvalue weighted by Crippen LogP contribution is 2.49. The molecular weight excluding hydrogens is 358 g/mol. The quantitative estimate of drug-likeness (QED) is 0.489. The fourth-order valence-electron chi connectivity index (χ4n) is 4.23. The van der Waals surface area contributed by atoms with E-state index >= 15 is 0 Å². The van der Waals surface area contributed by atoms with Crippen molar-refractivity contribution in [1.29, 1.82) is 0 Å². The Morgan fingerprint density at radius 2 is 1.71 bits per heavy atom. The molecule has 0 amide bonds. The smallest absolute Gasteiger partial charge is 0.0933 e. The summed E-state index contributed by atoms with van der Waals surface area (Å²) in [5.41, 5.74) is 8.01. The normalized spacial score (nSPS) is 16.6. The van der Waals surface area contributed by atoms with E-state index in [1.54, 1.807) is 11.3 Å². The second kappa shape index (κ2) is 6.65. The molecule has 1 aromatic heterocycles. The van der Waals surface area contributed by atoms with E-state index in [1.807, 2.05) is 0 Å². The van der Waals surface area contributed by atoms with E-state index in [1.165, 1.54) is 37.7 Å². The molecule has 1 N–H and O–H groups in total. The van der Waals surface area contributed by atoms with Crippen LogP contribution in [0.1, 0.15) is 31.4 Å². The van der Waals surface area contributed by atoms with Crippen LogP contribution in [0.2, 0.25) is 0 Å². The van der Waals surface area contributed by atoms with Gasteiger partial charge in [-0.15, -0.1) is 11.3 Å². The summed E-state index contributed by atoms with van der Waals surface area (Å²) in [5, 5.41) is 4.79. The second-order valence-corrected chi connectivity index (χ2v) is 8.99. The molecule has 138 valence electrons. The Morgan fingerprint density at radius 3 is 2.57 bits per heavy atom. The molecule has 0 unspecified atom stereocenters. The van der Waals surface area contributed by atoms with E-state index in [9.17, 15) is 0 Å². The van der Waals surface area contributed by atoms with Gasteiger partial charge in [-0.1, -0.05) is 74.5 Å². The van der Waals surface area contributed by atoms with Gasteiger partial charge in [0.1, 0.15) is 0 Å². The van der Waals surface area contributed by atoms with Gasteiger partial charge in [0.05, 0.1) is 5.00 Å². The molecule has 0 saturated carbocycles. The molecule has 0 radical (unpaired) electrons. The van der Waals surface area contributed by atoms with Gasteiger partial charge in [-0.3, -0.25) is 0 Å². The van der Waals surface area contributed by atoms with Gasteiger partial charge in [0.2, 0.25) is 0 Å². The van der Waals surface area contributed by atoms with Gasteiger partial charge in [0.25, 0.3) is 0 Å². The summed E-state index contributed by atoms with van der Waals surface area (Å²) >= 11 is 1.79. The van der Waals surface area contributed by atoms with Crippen molar-refractivity contribution in [3.63, 3.8) is 0 Å². The standard InChI is InChI=1S/C26H23NS/c1-26(2)22-12-8-4-7-11-20(22)21-14-13-19(17-23(21)26)27-25-16-15-24(28-25)18-9-5-3-6-10-18/h3,5-17,27H,4H2,1-2H3. The van der Waals surface area contributed by atoms with Crippen LogP contribution in [0.25, 0.3) is 16.0 Å². The fraction of sp³-hybridized carbons (Fsp3) is 0.154. The molecule has 3 aromatic rings. The van der Waals surface area contributed by atoms with Crippen molar-refractivity contribution in [2.75, 3.05) is 5.32 Å². The van der Waals surface area contributed by atoms with Crippen LogP contribution in [-0.4, -0.2) is 0 Å². The highest BCUT2D eigenvalue weighted by atomic mass is 32.1. The van der Waals surface area contributed by atoms with Gasteiger partial charge in [-0.25, -0.2) is 0 Å². The first kappa shape index (κ1) is 17.3. The monoisotopic (exact) mass is 381 g/mol. The number of benzene rings is 2. The largest absolute Gasteiger partial charge is 0.347 e. The molecule has 0 saturated heterocycles. The first-order valence-corrected chi connectivity index (χ1v) is 10.6. The van der Waals surface area contributed by atoms with Crippen molar-refractivity contribution >= 4 is 27.6 Å². The van der Waals surface area contributed by atoms with E-state index in [4.69, 9.17) is 0 Å². The zero-order valence-corrected chi connectivity index (χ0v) is 17.0. The first-order valence-electron chi connectivity index (χ1n) is 9.78. The number of allylic oxidation sites excluding steroid dienone is 6. The van der Waals surface area contributed by atoms with Crippen molar-refractivity contribution < 1.29 is 0 Å². The number of thiophene rings is 1. The zero-order valence-electron chi connectivity index (χ0n) is 16.2. The van der Waals surface area contributed by atoms with Gasteiger partial charge in [-0.2, -0.15) is 0 Å².